The molecule has 1 aromatic rings. The number of halogens is 2. The van der Waals surface area contributed by atoms with Gasteiger partial charge in [-0.15, -0.1) is 0 Å². The number of nitrogens with zero attached hydrogens (tertiary/aromatic N) is 2. The van der Waals surface area contributed by atoms with Gasteiger partial charge in [-0.25, -0.2) is 14.4 Å². The monoisotopic (exact) mass is 292 g/mol. The van der Waals surface area contributed by atoms with E-state index in [1.807, 2.05) is 6.92 Å². The van der Waals surface area contributed by atoms with Gasteiger partial charge in [-0.05, 0) is 36.8 Å². The fourth-order valence-corrected chi connectivity index (χ4v) is 2.68. The first-order chi connectivity index (χ1) is 9.19. The van der Waals surface area contributed by atoms with Gasteiger partial charge in [-0.2, -0.15) is 0 Å². The molecule has 0 amide bonds. The first-order valence-electron chi connectivity index (χ1n) is 6.47. The molecule has 0 aliphatic heterocycles. The Bertz CT molecular complexity index is 630. The van der Waals surface area contributed by atoms with Crippen molar-refractivity contribution in [1.29, 1.82) is 0 Å². The molecule has 2 rings (SSSR count). The minimum absolute atomic E-state index is 0.174. The van der Waals surface area contributed by atoms with Crippen LogP contribution >= 0.6 is 11.6 Å². The van der Waals surface area contributed by atoms with Crippen LogP contribution in [-0.2, 0) is 12.8 Å². The Kier molecular flexibility index (Phi) is 3.83. The van der Waals surface area contributed by atoms with Gasteiger partial charge in [-0.1, -0.05) is 38.6 Å². The van der Waals surface area contributed by atoms with Crippen LogP contribution in [0.15, 0.2) is 30.1 Å². The van der Waals surface area contributed by atoms with E-state index in [2.05, 4.69) is 37.0 Å². The molecule has 0 N–H and O–H groups in total. The molecule has 0 saturated carbocycles. The van der Waals surface area contributed by atoms with Crippen LogP contribution in [0, 0.1) is 12.3 Å². The Labute approximate surface area is 124 Å². The summed E-state index contributed by atoms with van der Waals surface area (Å²) in [4.78, 5) is 8.91. The molecule has 1 aliphatic carbocycles. The van der Waals surface area contributed by atoms with E-state index in [-0.39, 0.29) is 16.0 Å². The average Bonchev–Trinajstić information content (AvgIpc) is 2.60. The van der Waals surface area contributed by atoms with Crippen molar-refractivity contribution in [1.82, 2.24) is 9.97 Å². The zero-order valence-electron chi connectivity index (χ0n) is 12.1. The highest BCUT2D eigenvalue weighted by atomic mass is 35.5. The van der Waals surface area contributed by atoms with Gasteiger partial charge in [0.15, 0.2) is 5.82 Å². The molecule has 4 heteroatoms. The molecule has 0 unspecified atom stereocenters. The predicted octanol–water partition coefficient (Wildman–Crippen LogP) is 4.53. The van der Waals surface area contributed by atoms with Gasteiger partial charge in [0.1, 0.15) is 5.83 Å². The largest absolute Gasteiger partial charge is 0.233 e. The first-order valence-corrected chi connectivity index (χ1v) is 6.85. The second-order valence-electron chi connectivity index (χ2n) is 5.99. The molecule has 0 radical (unpaired) electrons. The van der Waals surface area contributed by atoms with Gasteiger partial charge >= 0.3 is 0 Å². The van der Waals surface area contributed by atoms with E-state index in [9.17, 15) is 4.39 Å². The Morgan fingerprint density at radius 1 is 1.30 bits per heavy atom. The lowest BCUT2D eigenvalue weighted by atomic mass is 9.90. The highest BCUT2D eigenvalue weighted by Crippen LogP contribution is 2.37. The molecular formula is C16H18ClFN2. The van der Waals surface area contributed by atoms with Crippen molar-refractivity contribution >= 4 is 17.2 Å². The summed E-state index contributed by atoms with van der Waals surface area (Å²) in [7, 11) is 0. The van der Waals surface area contributed by atoms with Crippen LogP contribution in [0.1, 0.15) is 36.6 Å². The summed E-state index contributed by atoms with van der Waals surface area (Å²) >= 11 is 5.73. The number of hydrogen-bond donors (Lipinski definition) is 0. The molecule has 0 spiro atoms. The third kappa shape index (κ3) is 2.98. The number of aromatic nitrogens is 2. The molecule has 0 bridgehead atoms. The quantitative estimate of drug-likeness (QED) is 0.765. The lowest BCUT2D eigenvalue weighted by Gasteiger charge is -2.14. The third-order valence-corrected chi connectivity index (χ3v) is 3.54. The van der Waals surface area contributed by atoms with E-state index in [1.54, 1.807) is 0 Å². The lowest BCUT2D eigenvalue weighted by Crippen LogP contribution is -2.10. The van der Waals surface area contributed by atoms with Crippen molar-refractivity contribution < 1.29 is 4.39 Å². The van der Waals surface area contributed by atoms with Crippen molar-refractivity contribution in [2.45, 2.75) is 33.6 Å². The van der Waals surface area contributed by atoms with Gasteiger partial charge in [0.05, 0.1) is 5.57 Å². The highest BCUT2D eigenvalue weighted by molar-refractivity contribution is 6.31. The van der Waals surface area contributed by atoms with Crippen molar-refractivity contribution in [3.8, 4) is 0 Å². The van der Waals surface area contributed by atoms with E-state index in [0.29, 0.717) is 5.82 Å². The van der Waals surface area contributed by atoms with E-state index in [1.165, 1.54) is 11.6 Å². The summed E-state index contributed by atoms with van der Waals surface area (Å²) in [5.41, 5.74) is 3.42. The third-order valence-electron chi connectivity index (χ3n) is 3.43. The Morgan fingerprint density at radius 2 is 1.95 bits per heavy atom. The van der Waals surface area contributed by atoms with E-state index in [0.717, 1.165) is 24.2 Å². The molecule has 2 nitrogen and oxygen atoms in total. The van der Waals surface area contributed by atoms with Gasteiger partial charge < -0.3 is 0 Å². The molecule has 1 heterocycles. The van der Waals surface area contributed by atoms with Crippen LogP contribution < -0.4 is 0 Å². The summed E-state index contributed by atoms with van der Waals surface area (Å²) in [6.07, 6.45) is 3.23. The average molecular weight is 293 g/mol. The molecule has 1 aromatic heterocycles. The molecule has 106 valence electrons. The van der Waals surface area contributed by atoms with Crippen LogP contribution in [0.3, 0.4) is 0 Å². The fraction of sp³-hybridized carbons (Fsp3) is 0.375. The van der Waals surface area contributed by atoms with Crippen molar-refractivity contribution in [3.05, 3.63) is 52.9 Å². The SMILES string of the molecule is C=C(Cl)/C=C(\C(=C)F)c1nc(C)c2c(n1)CC(C)(C)C2. The zero-order valence-corrected chi connectivity index (χ0v) is 12.8. The molecule has 0 aromatic carbocycles. The van der Waals surface area contributed by atoms with Gasteiger partial charge in [0.25, 0.3) is 0 Å². The maximum atomic E-state index is 13.6. The van der Waals surface area contributed by atoms with Gasteiger partial charge in [-0.3, -0.25) is 0 Å². The Balaban J connectivity index is 2.54. The number of aryl methyl sites for hydroxylation is 1. The summed E-state index contributed by atoms with van der Waals surface area (Å²) in [5.74, 6) is -0.281. The molecule has 0 fully saturated rings. The molecule has 0 saturated heterocycles. The van der Waals surface area contributed by atoms with Crippen molar-refractivity contribution in [2.24, 2.45) is 5.41 Å². The molecule has 20 heavy (non-hydrogen) atoms. The van der Waals surface area contributed by atoms with E-state index in [4.69, 9.17) is 11.6 Å². The Morgan fingerprint density at radius 3 is 2.50 bits per heavy atom. The predicted molar refractivity (Wildman–Crippen MR) is 81.2 cm³/mol. The number of fused-ring (bicyclic) bond motifs is 1. The van der Waals surface area contributed by atoms with E-state index < -0.39 is 5.83 Å². The number of rotatable bonds is 3. The lowest BCUT2D eigenvalue weighted by molar-refractivity contribution is 0.390. The molecule has 0 atom stereocenters. The maximum absolute atomic E-state index is 13.6. The maximum Gasteiger partial charge on any atom is 0.162 e. The van der Waals surface area contributed by atoms with Gasteiger partial charge in [0, 0.05) is 16.4 Å². The summed E-state index contributed by atoms with van der Waals surface area (Å²) in [6, 6.07) is 0. The summed E-state index contributed by atoms with van der Waals surface area (Å²) in [5, 5.41) is 0.223. The normalized spacial score (nSPS) is 16.9. The summed E-state index contributed by atoms with van der Waals surface area (Å²) < 4.78 is 13.6. The van der Waals surface area contributed by atoms with E-state index >= 15 is 0 Å². The minimum Gasteiger partial charge on any atom is -0.233 e. The first kappa shape index (κ1) is 14.9. The second kappa shape index (κ2) is 5.13. The number of hydrogen-bond acceptors (Lipinski definition) is 2. The molecule has 1 aliphatic rings. The summed E-state index contributed by atoms with van der Waals surface area (Å²) in [6.45, 7) is 13.2. The minimum atomic E-state index is -0.608. The highest BCUT2D eigenvalue weighted by Gasteiger charge is 2.32. The molecular weight excluding hydrogens is 275 g/mol. The fourth-order valence-electron chi connectivity index (χ4n) is 2.57. The zero-order chi connectivity index (χ0) is 15.1. The smallest absolute Gasteiger partial charge is 0.162 e. The van der Waals surface area contributed by atoms with Crippen molar-refractivity contribution in [2.75, 3.05) is 0 Å². The second-order valence-corrected chi connectivity index (χ2v) is 6.47. The van der Waals surface area contributed by atoms with Gasteiger partial charge in [0.2, 0.25) is 0 Å². The topological polar surface area (TPSA) is 25.8 Å². The van der Waals surface area contributed by atoms with Crippen LogP contribution in [0.5, 0.6) is 0 Å². The van der Waals surface area contributed by atoms with Crippen LogP contribution in [0.25, 0.3) is 5.57 Å². The van der Waals surface area contributed by atoms with Crippen molar-refractivity contribution in [3.63, 3.8) is 0 Å². The number of allylic oxidation sites excluding steroid dienone is 4. The Hall–Kier alpha value is -1.48. The van der Waals surface area contributed by atoms with Crippen LogP contribution in [0.2, 0.25) is 0 Å². The van der Waals surface area contributed by atoms with Crippen LogP contribution in [0.4, 0.5) is 4.39 Å². The van der Waals surface area contributed by atoms with Crippen LogP contribution in [-0.4, -0.2) is 9.97 Å². The standard InChI is InChI=1S/C16H18ClFN2/c1-9(17)6-12(10(2)18)15-19-11(3)13-7-16(4,5)8-14(13)20-15/h6H,1-2,7-8H2,3-5H3/b12-6+.